The van der Waals surface area contributed by atoms with E-state index in [4.69, 9.17) is 18.7 Å². The molecule has 0 saturated heterocycles. The molecule has 0 amide bonds. The first-order valence-electron chi connectivity index (χ1n) is 10.9. The molecule has 32 heavy (non-hydrogen) atoms. The normalized spacial score (nSPS) is 11.2. The van der Waals surface area contributed by atoms with Crippen LogP contribution in [0.3, 0.4) is 0 Å². The van der Waals surface area contributed by atoms with Gasteiger partial charge in [0, 0.05) is 31.5 Å². The van der Waals surface area contributed by atoms with Gasteiger partial charge in [-0.2, -0.15) is 0 Å². The molecule has 8 heteroatoms. The molecule has 0 spiro atoms. The predicted octanol–water partition coefficient (Wildman–Crippen LogP) is 4.54. The highest BCUT2D eigenvalue weighted by Crippen LogP contribution is 2.17. The molecule has 0 aliphatic heterocycles. The summed E-state index contributed by atoms with van der Waals surface area (Å²) in [7, 11) is 1.68. The number of nitrogens with zero attached hydrogens (tertiary/aromatic N) is 2. The van der Waals surface area contributed by atoms with Crippen molar-refractivity contribution in [2.45, 2.75) is 46.1 Å². The zero-order valence-electron chi connectivity index (χ0n) is 19.0. The number of guanidine groups is 1. The summed E-state index contributed by atoms with van der Waals surface area (Å²) in [4.78, 5) is 4.80. The van der Waals surface area contributed by atoms with Gasteiger partial charge in [0.15, 0.2) is 5.96 Å². The summed E-state index contributed by atoms with van der Waals surface area (Å²) < 4.78 is 16.1. The maximum atomic E-state index is 5.47. The molecule has 2 heterocycles. The summed E-state index contributed by atoms with van der Waals surface area (Å²) in [5.74, 6) is 3.50. The lowest BCUT2D eigenvalue weighted by atomic mass is 10.1. The molecule has 2 N–H and O–H groups in total. The maximum Gasteiger partial charge on any atom is 0.191 e. The zero-order valence-corrected chi connectivity index (χ0v) is 21.3. The highest BCUT2D eigenvalue weighted by Gasteiger charge is 2.13. The number of furan rings is 1. The van der Waals surface area contributed by atoms with Gasteiger partial charge >= 0.3 is 0 Å². The largest absolute Gasteiger partial charge is 0.497 e. The highest BCUT2D eigenvalue weighted by molar-refractivity contribution is 14.0. The number of methoxy groups -OCH3 is 1. The van der Waals surface area contributed by atoms with Crippen molar-refractivity contribution in [3.63, 3.8) is 0 Å². The molecule has 174 valence electrons. The molecule has 0 atom stereocenters. The predicted molar refractivity (Wildman–Crippen MR) is 137 cm³/mol. The number of aromatic nitrogens is 1. The van der Waals surface area contributed by atoms with Crippen molar-refractivity contribution in [2.24, 2.45) is 4.99 Å². The molecular weight excluding hydrogens is 519 g/mol. The number of aryl methyl sites for hydroxylation is 2. The van der Waals surface area contributed by atoms with Gasteiger partial charge in [-0.1, -0.05) is 31.1 Å². The van der Waals surface area contributed by atoms with E-state index in [0.29, 0.717) is 6.54 Å². The molecule has 3 rings (SSSR count). The summed E-state index contributed by atoms with van der Waals surface area (Å²) in [6.45, 7) is 6.19. The first-order valence-corrected chi connectivity index (χ1v) is 10.9. The van der Waals surface area contributed by atoms with Crippen molar-refractivity contribution in [2.75, 3.05) is 20.2 Å². The second kappa shape index (κ2) is 13.8. The van der Waals surface area contributed by atoms with Gasteiger partial charge in [0.1, 0.15) is 17.3 Å². The Kier molecular flexibility index (Phi) is 11.1. The van der Waals surface area contributed by atoms with E-state index < -0.39 is 0 Å². The van der Waals surface area contributed by atoms with Crippen LogP contribution in [0.25, 0.3) is 0 Å². The van der Waals surface area contributed by atoms with E-state index in [1.807, 2.05) is 24.3 Å². The summed E-state index contributed by atoms with van der Waals surface area (Å²) in [6, 6.07) is 12.0. The molecule has 0 saturated carbocycles. The van der Waals surface area contributed by atoms with Crippen LogP contribution in [0.15, 0.2) is 56.6 Å². The lowest BCUT2D eigenvalue weighted by molar-refractivity contribution is 0.380. The molecule has 1 aromatic carbocycles. The number of rotatable bonds is 11. The quantitative estimate of drug-likeness (QED) is 0.207. The Morgan fingerprint density at radius 2 is 1.78 bits per heavy atom. The van der Waals surface area contributed by atoms with Crippen LogP contribution >= 0.6 is 24.0 Å². The Morgan fingerprint density at radius 3 is 2.41 bits per heavy atom. The second-order valence-electron chi connectivity index (χ2n) is 7.18. The third kappa shape index (κ3) is 7.58. The second-order valence-corrected chi connectivity index (χ2v) is 7.18. The Bertz CT molecular complexity index is 915. The third-order valence-corrected chi connectivity index (χ3v) is 5.11. The van der Waals surface area contributed by atoms with Gasteiger partial charge < -0.3 is 24.3 Å². The minimum atomic E-state index is 0. The fourth-order valence-electron chi connectivity index (χ4n) is 3.33. The monoisotopic (exact) mass is 552 g/mol. The number of halogens is 1. The minimum absolute atomic E-state index is 0. The molecule has 0 aliphatic carbocycles. The van der Waals surface area contributed by atoms with Gasteiger partial charge in [-0.25, -0.2) is 4.99 Å². The number of benzene rings is 1. The molecule has 7 nitrogen and oxygen atoms in total. The standard InChI is InChI=1S/C24H32N4O3.HI/c1-4-22-21(23(5-2)31-28-22)17-27-24(26-15-13-20-7-6-16-30-20)25-14-12-18-8-10-19(29-3)11-9-18;/h6-11,16H,4-5,12-15,17H2,1-3H3,(H2,25,26,27);1H. The van der Waals surface area contributed by atoms with Crippen LogP contribution in [0.2, 0.25) is 0 Å². The average Bonchev–Trinajstić information content (AvgIpc) is 3.46. The number of hydrogen-bond donors (Lipinski definition) is 2. The van der Waals surface area contributed by atoms with Gasteiger partial charge in [0.05, 0.1) is 25.6 Å². The van der Waals surface area contributed by atoms with Crippen LogP contribution in [0.1, 0.15) is 42.2 Å². The van der Waals surface area contributed by atoms with Crippen molar-refractivity contribution in [1.82, 2.24) is 15.8 Å². The van der Waals surface area contributed by atoms with E-state index in [1.165, 1.54) is 5.56 Å². The topological polar surface area (TPSA) is 84.8 Å². The first kappa shape index (κ1) is 25.8. The minimum Gasteiger partial charge on any atom is -0.497 e. The molecule has 2 aromatic heterocycles. The summed E-state index contributed by atoms with van der Waals surface area (Å²) >= 11 is 0. The summed E-state index contributed by atoms with van der Waals surface area (Å²) in [6.07, 6.45) is 5.02. The molecular formula is C24H33IN4O3. The fourth-order valence-corrected chi connectivity index (χ4v) is 3.33. The Balaban J connectivity index is 0.00000363. The molecule has 0 fully saturated rings. The van der Waals surface area contributed by atoms with Gasteiger partial charge in [-0.15, -0.1) is 24.0 Å². The van der Waals surface area contributed by atoms with E-state index >= 15 is 0 Å². The maximum absolute atomic E-state index is 5.47. The molecule has 0 aliphatic rings. The van der Waals surface area contributed by atoms with Crippen molar-refractivity contribution in [3.8, 4) is 5.75 Å². The van der Waals surface area contributed by atoms with Crippen LogP contribution in [0.5, 0.6) is 5.75 Å². The smallest absolute Gasteiger partial charge is 0.191 e. The van der Waals surface area contributed by atoms with Crippen LogP contribution in [-0.2, 0) is 32.2 Å². The number of aliphatic imine (C=N–C) groups is 1. The fraction of sp³-hybridized carbons (Fsp3) is 0.417. The van der Waals surface area contributed by atoms with Crippen LogP contribution in [0.4, 0.5) is 0 Å². The van der Waals surface area contributed by atoms with Gasteiger partial charge in [0.25, 0.3) is 0 Å². The van der Waals surface area contributed by atoms with Gasteiger partial charge in [-0.3, -0.25) is 0 Å². The average molecular weight is 552 g/mol. The van der Waals surface area contributed by atoms with E-state index in [1.54, 1.807) is 13.4 Å². The van der Waals surface area contributed by atoms with Gasteiger partial charge in [0.2, 0.25) is 0 Å². The van der Waals surface area contributed by atoms with Crippen LogP contribution in [-0.4, -0.2) is 31.3 Å². The third-order valence-electron chi connectivity index (χ3n) is 5.11. The molecule has 0 radical (unpaired) electrons. The van der Waals surface area contributed by atoms with Crippen molar-refractivity contribution >= 4 is 29.9 Å². The zero-order chi connectivity index (χ0) is 21.9. The summed E-state index contributed by atoms with van der Waals surface area (Å²) in [5, 5.41) is 11.0. The van der Waals surface area contributed by atoms with E-state index in [2.05, 4.69) is 41.8 Å². The van der Waals surface area contributed by atoms with E-state index in [0.717, 1.165) is 73.3 Å². The Hall–Kier alpha value is -2.49. The Morgan fingerprint density at radius 1 is 1.03 bits per heavy atom. The highest BCUT2D eigenvalue weighted by atomic mass is 127. The van der Waals surface area contributed by atoms with Crippen molar-refractivity contribution in [3.05, 3.63) is 71.0 Å². The molecule has 0 unspecified atom stereocenters. The van der Waals surface area contributed by atoms with Crippen LogP contribution in [0, 0.1) is 0 Å². The van der Waals surface area contributed by atoms with E-state index in [9.17, 15) is 0 Å². The number of ether oxygens (including phenoxy) is 1. The number of hydrogen-bond acceptors (Lipinski definition) is 5. The van der Waals surface area contributed by atoms with Crippen molar-refractivity contribution in [1.29, 1.82) is 0 Å². The van der Waals surface area contributed by atoms with Gasteiger partial charge in [-0.05, 0) is 42.7 Å². The van der Waals surface area contributed by atoms with E-state index in [-0.39, 0.29) is 24.0 Å². The SMILES string of the molecule is CCc1noc(CC)c1CN=C(NCCc1ccc(OC)cc1)NCCc1ccco1.I. The summed E-state index contributed by atoms with van der Waals surface area (Å²) in [5.41, 5.74) is 3.31. The lowest BCUT2D eigenvalue weighted by Crippen LogP contribution is -2.39. The van der Waals surface area contributed by atoms with Crippen LogP contribution < -0.4 is 15.4 Å². The lowest BCUT2D eigenvalue weighted by Gasteiger charge is -2.13. The Labute approximate surface area is 207 Å². The molecule has 3 aromatic rings. The van der Waals surface area contributed by atoms with Crippen molar-refractivity contribution < 1.29 is 13.7 Å². The number of nitrogens with one attached hydrogen (secondary N) is 2. The first-order chi connectivity index (χ1) is 15.2. The molecule has 0 bridgehead atoms.